The van der Waals surface area contributed by atoms with Gasteiger partial charge in [0.2, 0.25) is 0 Å². The van der Waals surface area contributed by atoms with Crippen LogP contribution in [0.3, 0.4) is 0 Å². The van der Waals surface area contributed by atoms with E-state index in [1.165, 1.54) is 56.6 Å². The van der Waals surface area contributed by atoms with E-state index >= 15 is 0 Å². The first kappa shape index (κ1) is 36.0. The normalized spacial score (nSPS) is 16.2. The van der Waals surface area contributed by atoms with Crippen molar-refractivity contribution in [2.24, 2.45) is 0 Å². The lowest BCUT2D eigenvalue weighted by molar-refractivity contribution is 0.654. The van der Waals surface area contributed by atoms with Gasteiger partial charge in [-0.2, -0.15) is 0 Å². The molecule has 0 fully saturated rings. The van der Waals surface area contributed by atoms with Gasteiger partial charge in [0, 0.05) is 44.8 Å². The van der Waals surface area contributed by atoms with E-state index in [0.29, 0.717) is 11.8 Å². The second-order valence-electron chi connectivity index (χ2n) is 16.2. The van der Waals surface area contributed by atoms with Gasteiger partial charge < -0.3 is 9.32 Å². The summed E-state index contributed by atoms with van der Waals surface area (Å²) < 4.78 is 6.93. The Bertz CT molecular complexity index is 3090. The largest absolute Gasteiger partial charge is 0.455 e. The van der Waals surface area contributed by atoms with E-state index < -0.39 is 0 Å². The number of allylic oxidation sites excluding steroid dienone is 6. The van der Waals surface area contributed by atoms with Crippen LogP contribution in [0.15, 0.2) is 217 Å². The zero-order chi connectivity index (χ0) is 39.8. The van der Waals surface area contributed by atoms with E-state index in [1.54, 1.807) is 0 Å². The number of nitrogens with zero attached hydrogens (tertiary/aromatic N) is 1. The lowest BCUT2D eigenvalue weighted by Gasteiger charge is -2.31. The van der Waals surface area contributed by atoms with Crippen molar-refractivity contribution in [1.82, 2.24) is 0 Å². The van der Waals surface area contributed by atoms with E-state index in [-0.39, 0.29) is 0 Å². The van der Waals surface area contributed by atoms with E-state index in [1.807, 2.05) is 0 Å². The lowest BCUT2D eigenvalue weighted by atomic mass is 9.85. The Morgan fingerprint density at radius 2 is 1.13 bits per heavy atom. The van der Waals surface area contributed by atoms with Crippen molar-refractivity contribution >= 4 is 49.8 Å². The molecular formula is C58H45NO. The predicted octanol–water partition coefficient (Wildman–Crippen LogP) is 16.6. The number of benzene rings is 8. The molecule has 0 aliphatic heterocycles. The van der Waals surface area contributed by atoms with Crippen molar-refractivity contribution in [2.75, 3.05) is 4.90 Å². The standard InChI is InChI=1S/C58H45NO/c1-4-17-40(18-5-1)41-31-33-42(34-32-41)43-35-37-46(38-36-43)59(54-29-15-14-24-48(54)45-21-8-3-9-22-45)55-39-53-57-51(49-25-11-10-23-47(49)44-19-6-2-7-20-44)28-16-30-56(57)60-58(53)52-27-13-12-26-50(52)55/h1-2,4-8,10-19,21,23-39,44-45H,3,9,20,22H2. The minimum Gasteiger partial charge on any atom is -0.455 e. The van der Waals surface area contributed by atoms with Gasteiger partial charge in [-0.15, -0.1) is 0 Å². The highest BCUT2D eigenvalue weighted by atomic mass is 16.3. The molecule has 2 unspecified atom stereocenters. The molecule has 60 heavy (non-hydrogen) atoms. The van der Waals surface area contributed by atoms with Crippen LogP contribution in [0.1, 0.15) is 48.6 Å². The Morgan fingerprint density at radius 1 is 0.467 bits per heavy atom. The number of rotatable bonds is 8. The molecule has 0 N–H and O–H groups in total. The van der Waals surface area contributed by atoms with Crippen LogP contribution in [-0.2, 0) is 0 Å². The van der Waals surface area contributed by atoms with Gasteiger partial charge >= 0.3 is 0 Å². The molecule has 0 saturated heterocycles. The van der Waals surface area contributed by atoms with Gasteiger partial charge in [-0.1, -0.05) is 182 Å². The summed E-state index contributed by atoms with van der Waals surface area (Å²) in [6.45, 7) is 0. The second-order valence-corrected chi connectivity index (χ2v) is 16.2. The van der Waals surface area contributed by atoms with Gasteiger partial charge in [0.05, 0.1) is 5.69 Å². The van der Waals surface area contributed by atoms with Crippen LogP contribution >= 0.6 is 0 Å². The van der Waals surface area contributed by atoms with Crippen LogP contribution in [0.5, 0.6) is 0 Å². The minimum absolute atomic E-state index is 0.321. The molecule has 1 aromatic heterocycles. The molecule has 2 atom stereocenters. The zero-order valence-corrected chi connectivity index (χ0v) is 33.5. The minimum atomic E-state index is 0.321. The van der Waals surface area contributed by atoms with Crippen molar-refractivity contribution in [3.05, 3.63) is 224 Å². The van der Waals surface area contributed by atoms with Crippen molar-refractivity contribution in [2.45, 2.75) is 37.5 Å². The summed E-state index contributed by atoms with van der Waals surface area (Å²) >= 11 is 0. The number of para-hydroxylation sites is 1. The maximum absolute atomic E-state index is 6.93. The first-order chi connectivity index (χ1) is 29.8. The van der Waals surface area contributed by atoms with Gasteiger partial charge in [0.15, 0.2) is 0 Å². The van der Waals surface area contributed by atoms with Gasteiger partial charge in [-0.25, -0.2) is 0 Å². The molecule has 2 aliphatic carbocycles. The van der Waals surface area contributed by atoms with Crippen LogP contribution in [0.2, 0.25) is 0 Å². The van der Waals surface area contributed by atoms with Gasteiger partial charge in [-0.3, -0.25) is 0 Å². The number of hydrogen-bond acceptors (Lipinski definition) is 2. The fraction of sp³-hybridized carbons (Fsp3) is 0.103. The maximum atomic E-state index is 6.93. The number of anilines is 3. The highest BCUT2D eigenvalue weighted by Crippen LogP contribution is 2.49. The second kappa shape index (κ2) is 15.5. The van der Waals surface area contributed by atoms with E-state index in [9.17, 15) is 0 Å². The average molecular weight is 772 g/mol. The third kappa shape index (κ3) is 6.46. The molecule has 11 rings (SSSR count). The van der Waals surface area contributed by atoms with Crippen molar-refractivity contribution in [3.8, 4) is 33.4 Å². The molecule has 8 aromatic carbocycles. The molecule has 0 bridgehead atoms. The van der Waals surface area contributed by atoms with Crippen LogP contribution in [0, 0.1) is 0 Å². The summed E-state index contributed by atoms with van der Waals surface area (Å²) in [5.41, 5.74) is 15.3. The van der Waals surface area contributed by atoms with Crippen molar-refractivity contribution in [3.63, 3.8) is 0 Å². The third-order valence-electron chi connectivity index (χ3n) is 12.6. The molecular weight excluding hydrogens is 727 g/mol. The topological polar surface area (TPSA) is 16.4 Å². The molecule has 2 heteroatoms. The molecule has 2 aliphatic rings. The molecule has 0 radical (unpaired) electrons. The molecule has 0 spiro atoms. The molecule has 288 valence electrons. The highest BCUT2D eigenvalue weighted by molar-refractivity contribution is 6.22. The zero-order valence-electron chi connectivity index (χ0n) is 33.5. The Hall–Kier alpha value is -7.16. The fourth-order valence-corrected chi connectivity index (χ4v) is 9.69. The van der Waals surface area contributed by atoms with Gasteiger partial charge in [-0.05, 0) is 101 Å². The van der Waals surface area contributed by atoms with Crippen LogP contribution in [0.25, 0.3) is 66.1 Å². The van der Waals surface area contributed by atoms with Crippen LogP contribution < -0.4 is 4.90 Å². The van der Waals surface area contributed by atoms with Crippen molar-refractivity contribution < 1.29 is 4.42 Å². The van der Waals surface area contributed by atoms with Crippen LogP contribution in [0.4, 0.5) is 17.1 Å². The molecule has 0 amide bonds. The average Bonchev–Trinajstić information content (AvgIpc) is 3.72. The van der Waals surface area contributed by atoms with Crippen LogP contribution in [-0.4, -0.2) is 0 Å². The SMILES string of the molecule is C1=CCC(c2ccccc2-c2cccc3oc4c5ccccc5c(N(c5ccc(-c6ccc(-c7ccccc7)cc6)cc5)c5ccccc5C5C=CCCC5)cc4c23)C=C1. The van der Waals surface area contributed by atoms with E-state index in [0.717, 1.165) is 63.3 Å². The summed E-state index contributed by atoms with van der Waals surface area (Å²) in [7, 11) is 0. The Kier molecular flexibility index (Phi) is 9.32. The summed E-state index contributed by atoms with van der Waals surface area (Å²) in [5.74, 6) is 0.665. The quantitative estimate of drug-likeness (QED) is 0.143. The molecule has 2 nitrogen and oxygen atoms in total. The lowest BCUT2D eigenvalue weighted by Crippen LogP contribution is -2.14. The predicted molar refractivity (Wildman–Crippen MR) is 254 cm³/mol. The third-order valence-corrected chi connectivity index (χ3v) is 12.6. The monoisotopic (exact) mass is 771 g/mol. The number of fused-ring (bicyclic) bond motifs is 5. The molecule has 1 heterocycles. The van der Waals surface area contributed by atoms with Crippen molar-refractivity contribution in [1.29, 1.82) is 0 Å². The molecule has 0 saturated carbocycles. The van der Waals surface area contributed by atoms with E-state index in [4.69, 9.17) is 4.42 Å². The first-order valence-electron chi connectivity index (χ1n) is 21.4. The van der Waals surface area contributed by atoms with Gasteiger partial charge in [0.25, 0.3) is 0 Å². The number of hydrogen-bond donors (Lipinski definition) is 0. The number of furan rings is 1. The first-order valence-corrected chi connectivity index (χ1v) is 21.4. The van der Waals surface area contributed by atoms with E-state index in [2.05, 4.69) is 217 Å². The smallest absolute Gasteiger partial charge is 0.143 e. The summed E-state index contributed by atoms with van der Waals surface area (Å²) in [6, 6.07) is 64.4. The Morgan fingerprint density at radius 3 is 1.88 bits per heavy atom. The molecule has 9 aromatic rings. The Balaban J connectivity index is 1.12. The Labute approximate surface area is 352 Å². The summed E-state index contributed by atoms with van der Waals surface area (Å²) in [4.78, 5) is 2.51. The summed E-state index contributed by atoms with van der Waals surface area (Å²) in [5, 5.41) is 4.54. The highest BCUT2D eigenvalue weighted by Gasteiger charge is 2.26. The summed E-state index contributed by atoms with van der Waals surface area (Å²) in [6.07, 6.45) is 18.2. The fourth-order valence-electron chi connectivity index (χ4n) is 9.69. The maximum Gasteiger partial charge on any atom is 0.143 e. The van der Waals surface area contributed by atoms with Gasteiger partial charge in [0.1, 0.15) is 11.2 Å².